The maximum absolute atomic E-state index is 12.8. The van der Waals surface area contributed by atoms with Crippen LogP contribution in [0.25, 0.3) is 10.9 Å². The van der Waals surface area contributed by atoms with E-state index < -0.39 is 27.9 Å². The fourth-order valence-corrected chi connectivity index (χ4v) is 4.84. The highest BCUT2D eigenvalue weighted by Crippen LogP contribution is 2.32. The predicted octanol–water partition coefficient (Wildman–Crippen LogP) is 3.06. The van der Waals surface area contributed by atoms with Crippen LogP contribution in [-0.2, 0) is 22.0 Å². The van der Waals surface area contributed by atoms with Crippen LogP contribution in [0.3, 0.4) is 0 Å². The lowest BCUT2D eigenvalue weighted by Gasteiger charge is -2.22. The van der Waals surface area contributed by atoms with Crippen molar-refractivity contribution in [2.24, 2.45) is 7.05 Å². The minimum absolute atomic E-state index is 0.0282. The van der Waals surface area contributed by atoms with Gasteiger partial charge in [0.2, 0.25) is 0 Å². The highest BCUT2D eigenvalue weighted by molar-refractivity contribution is 7.87. The Balaban J connectivity index is 1.67. The molecule has 0 bridgehead atoms. The number of carbonyl (C=O) groups is 2. The number of rotatable bonds is 4. The monoisotopic (exact) mass is 490 g/mol. The summed E-state index contributed by atoms with van der Waals surface area (Å²) < 4.78 is 34.6. The zero-order valence-corrected chi connectivity index (χ0v) is 19.9. The van der Waals surface area contributed by atoms with E-state index in [2.05, 4.69) is 5.32 Å². The van der Waals surface area contributed by atoms with Crippen molar-refractivity contribution in [2.75, 3.05) is 13.1 Å². The summed E-state index contributed by atoms with van der Waals surface area (Å²) in [5, 5.41) is 4.24. The topological polar surface area (TPSA) is 110 Å². The molecule has 3 rings (SSSR count). The van der Waals surface area contributed by atoms with Gasteiger partial charge in [0.15, 0.2) is 0 Å². The first-order valence-corrected chi connectivity index (χ1v) is 11.7. The molecule has 1 aliphatic heterocycles. The van der Waals surface area contributed by atoms with Gasteiger partial charge in [-0.3, -0.25) is 4.79 Å². The molecule has 1 unspecified atom stereocenters. The van der Waals surface area contributed by atoms with E-state index in [0.717, 1.165) is 9.82 Å². The van der Waals surface area contributed by atoms with Crippen molar-refractivity contribution in [3.8, 4) is 0 Å². The van der Waals surface area contributed by atoms with Gasteiger partial charge in [-0.15, -0.1) is 0 Å². The number of halogens is 2. The van der Waals surface area contributed by atoms with E-state index in [1.54, 1.807) is 50.6 Å². The Morgan fingerprint density at radius 1 is 1.23 bits per heavy atom. The average Bonchev–Trinajstić information content (AvgIpc) is 3.22. The Morgan fingerprint density at radius 3 is 2.55 bits per heavy atom. The van der Waals surface area contributed by atoms with Crippen LogP contribution in [0.15, 0.2) is 18.2 Å². The quantitative estimate of drug-likeness (QED) is 0.684. The number of aryl methyl sites for hydroxylation is 1. The van der Waals surface area contributed by atoms with Gasteiger partial charge >= 0.3 is 16.3 Å². The summed E-state index contributed by atoms with van der Waals surface area (Å²) in [6.45, 7) is 5.08. The van der Waals surface area contributed by atoms with Crippen LogP contribution in [0.5, 0.6) is 0 Å². The summed E-state index contributed by atoms with van der Waals surface area (Å²) in [7, 11) is -2.35. The molecule has 0 radical (unpaired) electrons. The molecule has 1 fully saturated rings. The molecule has 0 saturated carbocycles. The van der Waals surface area contributed by atoms with Crippen LogP contribution < -0.4 is 10.0 Å². The molecule has 1 aliphatic rings. The Bertz CT molecular complexity index is 1140. The number of aromatic nitrogens is 1. The van der Waals surface area contributed by atoms with E-state index in [4.69, 9.17) is 27.9 Å². The lowest BCUT2D eigenvalue weighted by Crippen LogP contribution is -2.46. The third-order valence-corrected chi connectivity index (χ3v) is 7.04. The summed E-state index contributed by atoms with van der Waals surface area (Å²) in [6.07, 6.45) is -0.650. The molecule has 9 nitrogen and oxygen atoms in total. The minimum atomic E-state index is -4.08. The first-order chi connectivity index (χ1) is 14.3. The van der Waals surface area contributed by atoms with Gasteiger partial charge in [-0.25, -0.2) is 9.52 Å². The molecule has 2 aromatic rings. The summed E-state index contributed by atoms with van der Waals surface area (Å²) in [4.78, 5) is 24.6. The maximum atomic E-state index is 12.8. The van der Waals surface area contributed by atoms with Gasteiger partial charge in [-0.05, 0) is 45.4 Å². The molecular formula is C19H24Cl2N4O5S. The van der Waals surface area contributed by atoms with Gasteiger partial charge in [-0.1, -0.05) is 23.2 Å². The third kappa shape index (κ3) is 5.25. The van der Waals surface area contributed by atoms with Crippen LogP contribution in [-0.4, -0.2) is 54.0 Å². The van der Waals surface area contributed by atoms with Crippen molar-refractivity contribution >= 4 is 56.3 Å². The number of hydrogen-bond donors (Lipinski definition) is 2. The number of ether oxygens (including phenoxy) is 1. The van der Waals surface area contributed by atoms with Crippen LogP contribution in [0.4, 0.5) is 4.79 Å². The molecule has 1 aromatic heterocycles. The van der Waals surface area contributed by atoms with Crippen molar-refractivity contribution < 1.29 is 22.7 Å². The zero-order chi connectivity index (χ0) is 23.1. The normalized spacial score (nSPS) is 17.7. The number of nitrogens with one attached hydrogen (secondary N) is 2. The van der Waals surface area contributed by atoms with Gasteiger partial charge in [0.05, 0.1) is 10.0 Å². The molecule has 2 N–H and O–H groups in total. The first kappa shape index (κ1) is 23.6. The lowest BCUT2D eigenvalue weighted by molar-refractivity contribution is 0.0567. The van der Waals surface area contributed by atoms with Gasteiger partial charge in [0.1, 0.15) is 11.3 Å². The van der Waals surface area contributed by atoms with Crippen LogP contribution >= 0.6 is 23.2 Å². The summed E-state index contributed by atoms with van der Waals surface area (Å²) >= 11 is 12.3. The second-order valence-corrected chi connectivity index (χ2v) is 10.8. The van der Waals surface area contributed by atoms with Crippen LogP contribution in [0, 0.1) is 0 Å². The maximum Gasteiger partial charge on any atom is 0.422 e. The third-order valence-electron chi connectivity index (χ3n) is 4.78. The Kier molecular flexibility index (Phi) is 6.48. The number of benzene rings is 1. The molecular weight excluding hydrogens is 467 g/mol. The second kappa shape index (κ2) is 8.50. The molecule has 31 heavy (non-hydrogen) atoms. The van der Waals surface area contributed by atoms with Gasteiger partial charge in [0.25, 0.3) is 5.91 Å². The van der Waals surface area contributed by atoms with E-state index in [9.17, 15) is 18.0 Å². The standard InChI is InChI=1S/C19H24Cl2N4O5S/c1-19(2,3)30-18(27)23-31(28,29)25-8-7-11(10-25)22-17(26)15-9-12-14(24(15)4)6-5-13(20)16(12)21/h5-6,9,11H,7-8,10H2,1-4H3,(H,22,26)(H,23,27). The first-order valence-electron chi connectivity index (χ1n) is 9.53. The molecule has 0 aliphatic carbocycles. The fourth-order valence-electron chi connectivity index (χ4n) is 3.36. The summed E-state index contributed by atoms with van der Waals surface area (Å²) in [5.74, 6) is -0.366. The average molecular weight is 491 g/mol. The number of fused-ring (bicyclic) bond motifs is 1. The molecule has 1 saturated heterocycles. The number of nitrogens with zero attached hydrogens (tertiary/aromatic N) is 2. The van der Waals surface area contributed by atoms with E-state index in [1.807, 2.05) is 4.72 Å². The van der Waals surface area contributed by atoms with E-state index in [-0.39, 0.29) is 19.0 Å². The van der Waals surface area contributed by atoms with Gasteiger partial charge in [0, 0.05) is 37.1 Å². The van der Waals surface area contributed by atoms with Gasteiger partial charge in [-0.2, -0.15) is 12.7 Å². The van der Waals surface area contributed by atoms with Crippen molar-refractivity contribution in [2.45, 2.75) is 38.8 Å². The lowest BCUT2D eigenvalue weighted by atomic mass is 10.2. The van der Waals surface area contributed by atoms with Crippen LogP contribution in [0.1, 0.15) is 37.7 Å². The SMILES string of the molecule is Cn1c(C(=O)NC2CCN(S(=O)(=O)NC(=O)OC(C)(C)C)C2)cc2c(Cl)c(Cl)ccc21. The highest BCUT2D eigenvalue weighted by atomic mass is 35.5. The molecule has 2 amide bonds. The molecule has 2 heterocycles. The van der Waals surface area contributed by atoms with Crippen molar-refractivity contribution in [1.82, 2.24) is 18.9 Å². The number of amides is 2. The van der Waals surface area contributed by atoms with E-state index in [1.165, 1.54) is 0 Å². The molecule has 12 heteroatoms. The number of hydrogen-bond acceptors (Lipinski definition) is 5. The number of carbonyl (C=O) groups excluding carboxylic acids is 2. The van der Waals surface area contributed by atoms with Crippen molar-refractivity contribution in [1.29, 1.82) is 0 Å². The Labute approximate surface area is 190 Å². The predicted molar refractivity (Wildman–Crippen MR) is 119 cm³/mol. The minimum Gasteiger partial charge on any atom is -0.443 e. The molecule has 1 aromatic carbocycles. The molecule has 0 spiro atoms. The summed E-state index contributed by atoms with van der Waals surface area (Å²) in [6, 6.07) is 4.66. The van der Waals surface area contributed by atoms with Crippen molar-refractivity contribution in [3.63, 3.8) is 0 Å². The van der Waals surface area contributed by atoms with Crippen molar-refractivity contribution in [3.05, 3.63) is 33.9 Å². The van der Waals surface area contributed by atoms with E-state index in [0.29, 0.717) is 27.5 Å². The molecule has 1 atom stereocenters. The van der Waals surface area contributed by atoms with Gasteiger partial charge < -0.3 is 14.6 Å². The fraction of sp³-hybridized carbons (Fsp3) is 0.474. The van der Waals surface area contributed by atoms with Crippen LogP contribution in [0.2, 0.25) is 10.0 Å². The largest absolute Gasteiger partial charge is 0.443 e. The smallest absolute Gasteiger partial charge is 0.422 e. The highest BCUT2D eigenvalue weighted by Gasteiger charge is 2.34. The van der Waals surface area contributed by atoms with E-state index >= 15 is 0 Å². The Morgan fingerprint density at radius 2 is 1.90 bits per heavy atom. The Hall–Kier alpha value is -2.01. The summed E-state index contributed by atoms with van der Waals surface area (Å²) in [5.41, 5.74) is 0.288. The zero-order valence-electron chi connectivity index (χ0n) is 17.5. The molecule has 170 valence electrons. The second-order valence-electron chi connectivity index (χ2n) is 8.31.